The predicted octanol–water partition coefficient (Wildman–Crippen LogP) is 2.90. The van der Waals surface area contributed by atoms with E-state index in [1.54, 1.807) is 12.1 Å². The van der Waals surface area contributed by atoms with E-state index >= 15 is 0 Å². The molecule has 0 saturated heterocycles. The van der Waals surface area contributed by atoms with E-state index in [4.69, 9.17) is 16.0 Å². The number of hydrogen-bond donors (Lipinski definition) is 1. The number of carbonyl (C=O) groups is 1. The van der Waals surface area contributed by atoms with Crippen molar-refractivity contribution in [1.82, 2.24) is 14.6 Å². The zero-order valence-electron chi connectivity index (χ0n) is 14.0. The van der Waals surface area contributed by atoms with Crippen LogP contribution in [0.4, 0.5) is 0 Å². The molecule has 0 atom stereocenters. The number of thiophene rings is 1. The van der Waals surface area contributed by atoms with Crippen LogP contribution in [-0.2, 0) is 27.9 Å². The van der Waals surface area contributed by atoms with Crippen molar-refractivity contribution in [2.45, 2.75) is 18.0 Å². The normalized spacial score (nSPS) is 11.6. The maximum Gasteiger partial charge on any atom is 0.245 e. The molecule has 1 N–H and O–H groups in total. The van der Waals surface area contributed by atoms with E-state index in [1.165, 1.54) is 29.7 Å². The molecule has 0 saturated carbocycles. The van der Waals surface area contributed by atoms with Crippen LogP contribution in [0.15, 0.2) is 63.6 Å². The molecule has 0 aromatic carbocycles. The van der Waals surface area contributed by atoms with Gasteiger partial charge in [0.25, 0.3) is 0 Å². The van der Waals surface area contributed by atoms with Gasteiger partial charge in [0.1, 0.15) is 15.8 Å². The lowest BCUT2D eigenvalue weighted by Gasteiger charge is -2.20. The topological polar surface area (TPSA) is 92.5 Å². The Labute approximate surface area is 165 Å². The van der Waals surface area contributed by atoms with Crippen molar-refractivity contribution in [3.8, 4) is 0 Å². The molecule has 0 aliphatic carbocycles. The van der Waals surface area contributed by atoms with Gasteiger partial charge in [-0.3, -0.25) is 4.79 Å². The average molecular weight is 426 g/mol. The molecule has 3 rings (SSSR count). The SMILES string of the molecule is O=C(CN(Cc1ccco1)S(=O)(=O)c1ccc(Cl)nc1)NCc1cccs1. The summed E-state index contributed by atoms with van der Waals surface area (Å²) in [5.41, 5.74) is 0. The molecule has 0 unspecified atom stereocenters. The molecule has 0 spiro atoms. The van der Waals surface area contributed by atoms with Gasteiger partial charge < -0.3 is 9.73 Å². The zero-order valence-corrected chi connectivity index (χ0v) is 16.4. The molecule has 0 fully saturated rings. The first-order chi connectivity index (χ1) is 12.9. The van der Waals surface area contributed by atoms with Crippen LogP contribution in [0.2, 0.25) is 5.15 Å². The lowest BCUT2D eigenvalue weighted by atomic mass is 10.4. The largest absolute Gasteiger partial charge is 0.468 e. The van der Waals surface area contributed by atoms with Gasteiger partial charge in [-0.25, -0.2) is 13.4 Å². The molecule has 10 heteroatoms. The first kappa shape index (κ1) is 19.6. The number of rotatable bonds is 8. The van der Waals surface area contributed by atoms with E-state index in [9.17, 15) is 13.2 Å². The van der Waals surface area contributed by atoms with Crippen LogP contribution < -0.4 is 5.32 Å². The Morgan fingerprint density at radius 1 is 1.26 bits per heavy atom. The minimum Gasteiger partial charge on any atom is -0.468 e. The third-order valence-corrected chi connectivity index (χ3v) is 6.49. The second-order valence-electron chi connectivity index (χ2n) is 5.53. The second-order valence-corrected chi connectivity index (χ2v) is 8.88. The van der Waals surface area contributed by atoms with Gasteiger partial charge in [-0.2, -0.15) is 4.31 Å². The third kappa shape index (κ3) is 5.16. The van der Waals surface area contributed by atoms with Crippen molar-refractivity contribution in [2.75, 3.05) is 6.54 Å². The van der Waals surface area contributed by atoms with Gasteiger partial charge >= 0.3 is 0 Å². The number of hydrogen-bond acceptors (Lipinski definition) is 6. The number of furan rings is 1. The molecule has 0 aliphatic rings. The van der Waals surface area contributed by atoms with Crippen LogP contribution in [-0.4, -0.2) is 30.2 Å². The van der Waals surface area contributed by atoms with E-state index < -0.39 is 15.9 Å². The number of pyridine rings is 1. The van der Waals surface area contributed by atoms with E-state index in [1.807, 2.05) is 17.5 Å². The van der Waals surface area contributed by atoms with Gasteiger partial charge in [0, 0.05) is 11.1 Å². The lowest BCUT2D eigenvalue weighted by Crippen LogP contribution is -2.40. The van der Waals surface area contributed by atoms with E-state index in [0.29, 0.717) is 12.3 Å². The highest BCUT2D eigenvalue weighted by atomic mass is 35.5. The monoisotopic (exact) mass is 425 g/mol. The first-order valence-electron chi connectivity index (χ1n) is 7.88. The minimum atomic E-state index is -3.97. The number of sulfonamides is 1. The highest BCUT2D eigenvalue weighted by Crippen LogP contribution is 2.19. The number of aromatic nitrogens is 1. The molecular weight excluding hydrogens is 410 g/mol. The van der Waals surface area contributed by atoms with Crippen LogP contribution in [0.1, 0.15) is 10.6 Å². The molecular formula is C17H16ClN3O4S2. The summed E-state index contributed by atoms with van der Waals surface area (Å²) in [5.74, 6) is 0.00649. The third-order valence-electron chi connectivity index (χ3n) is 3.61. The number of nitrogens with zero attached hydrogens (tertiary/aromatic N) is 2. The van der Waals surface area contributed by atoms with Gasteiger partial charge in [0.15, 0.2) is 0 Å². The summed E-state index contributed by atoms with van der Waals surface area (Å²) >= 11 is 7.24. The van der Waals surface area contributed by atoms with Gasteiger partial charge in [-0.05, 0) is 35.7 Å². The van der Waals surface area contributed by atoms with Gasteiger partial charge in [-0.1, -0.05) is 17.7 Å². The van der Waals surface area contributed by atoms with Crippen LogP contribution in [0.3, 0.4) is 0 Å². The zero-order chi connectivity index (χ0) is 19.3. The Bertz CT molecular complexity index is 972. The van der Waals surface area contributed by atoms with Crippen molar-refractivity contribution >= 4 is 38.9 Å². The molecule has 3 aromatic heterocycles. The molecule has 142 valence electrons. The summed E-state index contributed by atoms with van der Waals surface area (Å²) < 4.78 is 32.2. The standard InChI is InChI=1S/C17H16ClN3O4S2/c18-16-6-5-15(10-19-16)27(23,24)21(11-13-3-1-7-25-13)12-17(22)20-9-14-4-2-8-26-14/h1-8,10H,9,11-12H2,(H,20,22). The Kier molecular flexibility index (Phi) is 6.27. The summed E-state index contributed by atoms with van der Waals surface area (Å²) in [4.78, 5) is 17.1. The average Bonchev–Trinajstić information content (AvgIpc) is 3.34. The number of nitrogens with one attached hydrogen (secondary N) is 1. The Hall–Kier alpha value is -2.20. The molecule has 0 radical (unpaired) electrons. The highest BCUT2D eigenvalue weighted by molar-refractivity contribution is 7.89. The molecule has 1 amide bonds. The predicted molar refractivity (Wildman–Crippen MR) is 102 cm³/mol. The lowest BCUT2D eigenvalue weighted by molar-refractivity contribution is -0.121. The Morgan fingerprint density at radius 3 is 2.74 bits per heavy atom. The van der Waals surface area contributed by atoms with Crippen molar-refractivity contribution in [3.63, 3.8) is 0 Å². The van der Waals surface area contributed by atoms with Crippen molar-refractivity contribution < 1.29 is 17.6 Å². The maximum absolute atomic E-state index is 13.0. The molecule has 27 heavy (non-hydrogen) atoms. The Balaban J connectivity index is 1.77. The fourth-order valence-corrected chi connectivity index (χ4v) is 4.35. The summed E-state index contributed by atoms with van der Waals surface area (Å²) in [6, 6.07) is 9.81. The molecule has 0 bridgehead atoms. The minimum absolute atomic E-state index is 0.0514. The van der Waals surface area contributed by atoms with Crippen LogP contribution in [0, 0.1) is 0 Å². The highest BCUT2D eigenvalue weighted by Gasteiger charge is 2.28. The van der Waals surface area contributed by atoms with Gasteiger partial charge in [0.05, 0.1) is 25.9 Å². The van der Waals surface area contributed by atoms with Crippen molar-refractivity contribution in [3.05, 3.63) is 70.0 Å². The molecule has 7 nitrogen and oxygen atoms in total. The maximum atomic E-state index is 13.0. The van der Waals surface area contributed by atoms with E-state index in [2.05, 4.69) is 10.3 Å². The summed E-state index contributed by atoms with van der Waals surface area (Å²) in [7, 11) is -3.97. The van der Waals surface area contributed by atoms with E-state index in [0.717, 1.165) is 15.4 Å². The van der Waals surface area contributed by atoms with Gasteiger partial charge in [0.2, 0.25) is 15.9 Å². The first-order valence-corrected chi connectivity index (χ1v) is 10.6. The number of amides is 1. The van der Waals surface area contributed by atoms with Gasteiger partial charge in [-0.15, -0.1) is 11.3 Å². The van der Waals surface area contributed by atoms with Crippen molar-refractivity contribution in [2.24, 2.45) is 0 Å². The fourth-order valence-electron chi connectivity index (χ4n) is 2.28. The summed E-state index contributed by atoms with van der Waals surface area (Å²) in [6.45, 7) is -0.0882. The molecule has 0 aliphatic heterocycles. The number of carbonyl (C=O) groups excluding carboxylic acids is 1. The number of halogens is 1. The van der Waals surface area contributed by atoms with Crippen molar-refractivity contribution in [1.29, 1.82) is 0 Å². The molecule has 3 aromatic rings. The van der Waals surface area contributed by atoms with Crippen LogP contribution >= 0.6 is 22.9 Å². The van der Waals surface area contributed by atoms with Crippen LogP contribution in [0.25, 0.3) is 0 Å². The fraction of sp³-hybridized carbons (Fsp3) is 0.176. The quantitative estimate of drug-likeness (QED) is 0.560. The summed E-state index contributed by atoms with van der Waals surface area (Å²) in [5, 5.41) is 4.81. The Morgan fingerprint density at radius 2 is 2.11 bits per heavy atom. The second kappa shape index (κ2) is 8.66. The smallest absolute Gasteiger partial charge is 0.245 e. The van der Waals surface area contributed by atoms with Crippen LogP contribution in [0.5, 0.6) is 0 Å². The van der Waals surface area contributed by atoms with E-state index in [-0.39, 0.29) is 23.1 Å². The molecule has 3 heterocycles. The summed E-state index contributed by atoms with van der Waals surface area (Å²) in [6.07, 6.45) is 2.61.